The van der Waals surface area contributed by atoms with Gasteiger partial charge in [-0.05, 0) is 43.1 Å². The van der Waals surface area contributed by atoms with Crippen LogP contribution in [0.15, 0.2) is 0 Å². The van der Waals surface area contributed by atoms with Crippen LogP contribution in [0, 0.1) is 23.2 Å². The van der Waals surface area contributed by atoms with Crippen molar-refractivity contribution in [1.82, 2.24) is 4.90 Å². The van der Waals surface area contributed by atoms with Gasteiger partial charge in [0.25, 0.3) is 0 Å². The largest absolute Gasteiger partial charge is 0.480 e. The van der Waals surface area contributed by atoms with Crippen molar-refractivity contribution in [1.29, 1.82) is 0 Å². The molecule has 3 heteroatoms. The predicted octanol–water partition coefficient (Wildman–Crippen LogP) is 2.07. The number of carboxylic acids is 1. The average molecular weight is 225 g/mol. The van der Waals surface area contributed by atoms with E-state index in [-0.39, 0.29) is 6.54 Å². The van der Waals surface area contributed by atoms with E-state index in [0.717, 1.165) is 11.8 Å². The number of carbonyl (C=O) groups is 1. The van der Waals surface area contributed by atoms with Crippen molar-refractivity contribution in [3.63, 3.8) is 0 Å². The first-order valence-corrected chi connectivity index (χ1v) is 6.26. The maximum absolute atomic E-state index is 10.7. The molecule has 92 valence electrons. The molecule has 0 amide bonds. The molecule has 0 aliphatic heterocycles. The van der Waals surface area contributed by atoms with Crippen LogP contribution in [0.3, 0.4) is 0 Å². The first-order valence-electron chi connectivity index (χ1n) is 6.26. The molecule has 3 aliphatic carbocycles. The van der Waals surface area contributed by atoms with Crippen molar-refractivity contribution in [3.05, 3.63) is 0 Å². The number of likely N-dealkylation sites (N-methyl/N-ethyl adjacent to an activating group) is 1. The fourth-order valence-corrected chi connectivity index (χ4v) is 4.03. The summed E-state index contributed by atoms with van der Waals surface area (Å²) in [6.45, 7) is 7.21. The second kappa shape index (κ2) is 3.73. The van der Waals surface area contributed by atoms with Gasteiger partial charge in [0, 0.05) is 6.04 Å². The second-order valence-corrected chi connectivity index (χ2v) is 6.33. The van der Waals surface area contributed by atoms with Gasteiger partial charge >= 0.3 is 5.97 Å². The number of hydrogen-bond donors (Lipinski definition) is 1. The minimum absolute atomic E-state index is 0.175. The molecule has 0 aromatic heterocycles. The number of aliphatic carboxylic acids is 1. The molecule has 3 saturated carbocycles. The summed E-state index contributed by atoms with van der Waals surface area (Å²) < 4.78 is 0. The molecule has 1 N–H and O–H groups in total. The molecule has 0 aromatic rings. The van der Waals surface area contributed by atoms with Gasteiger partial charge in [0.15, 0.2) is 0 Å². The second-order valence-electron chi connectivity index (χ2n) is 6.33. The van der Waals surface area contributed by atoms with Crippen LogP contribution >= 0.6 is 0 Å². The number of nitrogens with zero attached hydrogens (tertiary/aromatic N) is 1. The lowest BCUT2D eigenvalue weighted by Crippen LogP contribution is -2.60. The topological polar surface area (TPSA) is 40.5 Å². The molecular formula is C13H23NO2. The summed E-state index contributed by atoms with van der Waals surface area (Å²) in [5, 5.41) is 8.84. The highest BCUT2D eigenvalue weighted by Gasteiger charge is 2.56. The number of carboxylic acid groups (broad SMARTS) is 1. The maximum atomic E-state index is 10.7. The number of fused-ring (bicyclic) bond motifs is 2. The Morgan fingerprint density at radius 1 is 1.44 bits per heavy atom. The summed E-state index contributed by atoms with van der Waals surface area (Å²) >= 11 is 0. The van der Waals surface area contributed by atoms with Crippen LogP contribution in [-0.4, -0.2) is 35.6 Å². The molecule has 3 rings (SSSR count). The quantitative estimate of drug-likeness (QED) is 0.799. The molecule has 0 aromatic carbocycles. The number of hydrogen-bond acceptors (Lipinski definition) is 2. The highest BCUT2D eigenvalue weighted by atomic mass is 16.4. The summed E-state index contributed by atoms with van der Waals surface area (Å²) in [7, 11) is 1.95. The molecule has 1 unspecified atom stereocenters. The lowest BCUT2D eigenvalue weighted by molar-refractivity contribution is -0.149. The number of rotatable bonds is 3. The lowest BCUT2D eigenvalue weighted by Gasteiger charge is -2.63. The van der Waals surface area contributed by atoms with E-state index in [9.17, 15) is 4.79 Å². The van der Waals surface area contributed by atoms with Gasteiger partial charge < -0.3 is 5.11 Å². The van der Waals surface area contributed by atoms with Gasteiger partial charge in [0.05, 0.1) is 6.54 Å². The first kappa shape index (κ1) is 11.9. The molecule has 0 heterocycles. The molecular weight excluding hydrogens is 202 g/mol. The van der Waals surface area contributed by atoms with E-state index in [1.165, 1.54) is 12.8 Å². The monoisotopic (exact) mass is 225 g/mol. The van der Waals surface area contributed by atoms with Crippen LogP contribution in [-0.2, 0) is 4.79 Å². The molecule has 4 atom stereocenters. The van der Waals surface area contributed by atoms with E-state index in [4.69, 9.17) is 5.11 Å². The Labute approximate surface area is 97.8 Å². The summed E-state index contributed by atoms with van der Waals surface area (Å²) in [5.41, 5.74) is 0.486. The third-order valence-electron chi connectivity index (χ3n) is 5.26. The molecule has 0 spiro atoms. The summed E-state index contributed by atoms with van der Waals surface area (Å²) in [4.78, 5) is 12.8. The summed E-state index contributed by atoms with van der Waals surface area (Å²) in [6.07, 6.45) is 2.53. The van der Waals surface area contributed by atoms with Crippen LogP contribution in [0.4, 0.5) is 0 Å². The Hall–Kier alpha value is -0.570. The van der Waals surface area contributed by atoms with Gasteiger partial charge in [-0.15, -0.1) is 0 Å². The maximum Gasteiger partial charge on any atom is 0.317 e. The van der Waals surface area contributed by atoms with E-state index in [1.54, 1.807) is 0 Å². The minimum atomic E-state index is -0.715. The van der Waals surface area contributed by atoms with Crippen molar-refractivity contribution < 1.29 is 9.90 Å². The van der Waals surface area contributed by atoms with Crippen molar-refractivity contribution in [3.8, 4) is 0 Å². The SMILES string of the molecule is C[C@@H]1C2C[C@@H](C[C@H]1N(C)CC(=O)O)C2(C)C. The third-order valence-corrected chi connectivity index (χ3v) is 5.26. The van der Waals surface area contributed by atoms with E-state index in [0.29, 0.717) is 17.4 Å². The van der Waals surface area contributed by atoms with Gasteiger partial charge in [-0.1, -0.05) is 20.8 Å². The van der Waals surface area contributed by atoms with E-state index >= 15 is 0 Å². The Kier molecular flexibility index (Phi) is 2.77. The predicted molar refractivity (Wildman–Crippen MR) is 63.2 cm³/mol. The van der Waals surface area contributed by atoms with Crippen LogP contribution < -0.4 is 0 Å². The van der Waals surface area contributed by atoms with Gasteiger partial charge in [-0.25, -0.2) is 0 Å². The Balaban J connectivity index is 2.02. The van der Waals surface area contributed by atoms with Crippen molar-refractivity contribution in [2.24, 2.45) is 23.2 Å². The molecule has 3 nitrogen and oxygen atoms in total. The van der Waals surface area contributed by atoms with Gasteiger partial charge in [-0.3, -0.25) is 9.69 Å². The standard InChI is InChI=1S/C13H23NO2/c1-8-10-5-9(13(10,2)3)6-11(8)14(4)7-12(15)16/h8-11H,5-7H2,1-4H3,(H,15,16)/t8-,9+,10?,11-/m1/s1. The highest BCUT2D eigenvalue weighted by molar-refractivity contribution is 5.69. The summed E-state index contributed by atoms with van der Waals surface area (Å²) in [5.74, 6) is 1.50. The van der Waals surface area contributed by atoms with E-state index < -0.39 is 5.97 Å². The zero-order chi connectivity index (χ0) is 12.1. The molecule has 3 fully saturated rings. The van der Waals surface area contributed by atoms with Crippen LogP contribution in [0.1, 0.15) is 33.6 Å². The summed E-state index contributed by atoms with van der Waals surface area (Å²) in [6, 6.07) is 0.466. The van der Waals surface area contributed by atoms with Crippen LogP contribution in [0.2, 0.25) is 0 Å². The van der Waals surface area contributed by atoms with Crippen LogP contribution in [0.5, 0.6) is 0 Å². The van der Waals surface area contributed by atoms with Gasteiger partial charge in [0.1, 0.15) is 0 Å². The van der Waals surface area contributed by atoms with E-state index in [2.05, 4.69) is 20.8 Å². The Morgan fingerprint density at radius 3 is 2.50 bits per heavy atom. The van der Waals surface area contributed by atoms with E-state index in [1.807, 2.05) is 11.9 Å². The highest BCUT2D eigenvalue weighted by Crippen LogP contribution is 2.61. The van der Waals surface area contributed by atoms with Gasteiger partial charge in [0.2, 0.25) is 0 Å². The average Bonchev–Trinajstić information content (AvgIpc) is 2.15. The van der Waals surface area contributed by atoms with Crippen molar-refractivity contribution in [2.45, 2.75) is 39.7 Å². The normalized spacial score (nSPS) is 40.6. The Bertz CT molecular complexity index is 300. The minimum Gasteiger partial charge on any atom is -0.480 e. The molecule has 0 saturated heterocycles. The smallest absolute Gasteiger partial charge is 0.317 e. The third kappa shape index (κ3) is 1.65. The van der Waals surface area contributed by atoms with Crippen molar-refractivity contribution >= 4 is 5.97 Å². The Morgan fingerprint density at radius 2 is 2.06 bits per heavy atom. The lowest BCUT2D eigenvalue weighted by atomic mass is 9.44. The van der Waals surface area contributed by atoms with Crippen molar-refractivity contribution in [2.75, 3.05) is 13.6 Å². The zero-order valence-corrected chi connectivity index (χ0v) is 10.7. The fraction of sp³-hybridized carbons (Fsp3) is 0.923. The van der Waals surface area contributed by atoms with Crippen LogP contribution in [0.25, 0.3) is 0 Å². The zero-order valence-electron chi connectivity index (χ0n) is 10.7. The molecule has 3 aliphatic rings. The molecule has 16 heavy (non-hydrogen) atoms. The fourth-order valence-electron chi connectivity index (χ4n) is 4.03. The van der Waals surface area contributed by atoms with Gasteiger partial charge in [-0.2, -0.15) is 0 Å². The molecule has 0 radical (unpaired) electrons. The first-order chi connectivity index (χ1) is 7.34. The molecule has 2 bridgehead atoms.